The van der Waals surface area contributed by atoms with E-state index in [0.29, 0.717) is 22.8 Å². The third kappa shape index (κ3) is 2.57. The van der Waals surface area contributed by atoms with Crippen LogP contribution in [-0.4, -0.2) is 24.9 Å². The standard InChI is InChI=1S/C18H18N4O.CHN/c1-11-20-14(10-23)7-17(21-11)22-16-6-12(2-3-13(16)9-19-22)15-8-18(15)4-5-18;1-2/h2-3,6-7,9,15,23H,4-5,8,10H2,1H3;1H. The van der Waals surface area contributed by atoms with Gasteiger partial charge in [0.1, 0.15) is 5.82 Å². The van der Waals surface area contributed by atoms with Crippen molar-refractivity contribution in [3.63, 3.8) is 0 Å². The second kappa shape index (κ2) is 5.64. The van der Waals surface area contributed by atoms with Crippen LogP contribution < -0.4 is 0 Å². The molecule has 126 valence electrons. The summed E-state index contributed by atoms with van der Waals surface area (Å²) in [6.07, 6.45) is 5.99. The molecule has 3 aromatic rings. The van der Waals surface area contributed by atoms with E-state index in [9.17, 15) is 5.11 Å². The van der Waals surface area contributed by atoms with Crippen molar-refractivity contribution in [3.05, 3.63) is 47.5 Å². The highest BCUT2D eigenvalue weighted by Crippen LogP contribution is 2.75. The third-order valence-corrected chi connectivity index (χ3v) is 5.34. The average Bonchev–Trinajstić information content (AvgIpc) is 3.54. The van der Waals surface area contributed by atoms with E-state index in [1.807, 2.05) is 17.8 Å². The second-order valence-electron chi connectivity index (χ2n) is 6.92. The monoisotopic (exact) mass is 333 g/mol. The summed E-state index contributed by atoms with van der Waals surface area (Å²) in [5.74, 6) is 2.09. The minimum Gasteiger partial charge on any atom is -0.390 e. The first kappa shape index (κ1) is 15.7. The second-order valence-corrected chi connectivity index (χ2v) is 6.92. The number of hydrogen-bond acceptors (Lipinski definition) is 5. The van der Waals surface area contributed by atoms with Crippen LogP contribution in [0.5, 0.6) is 0 Å². The highest BCUT2D eigenvalue weighted by molar-refractivity contribution is 5.81. The van der Waals surface area contributed by atoms with Crippen molar-refractivity contribution in [2.75, 3.05) is 0 Å². The molecule has 1 unspecified atom stereocenters. The molecule has 1 spiro atoms. The Bertz CT molecular complexity index is 970. The molecule has 5 rings (SSSR count). The number of aryl methyl sites for hydroxylation is 1. The van der Waals surface area contributed by atoms with Crippen LogP contribution in [-0.2, 0) is 6.61 Å². The summed E-state index contributed by atoms with van der Waals surface area (Å²) in [5.41, 5.74) is 3.76. The quantitative estimate of drug-likeness (QED) is 0.796. The molecule has 0 amide bonds. The lowest BCUT2D eigenvalue weighted by atomic mass is 10.1. The molecule has 1 N–H and O–H groups in total. The van der Waals surface area contributed by atoms with Gasteiger partial charge in [-0.2, -0.15) is 5.10 Å². The molecular weight excluding hydrogens is 314 g/mol. The molecule has 25 heavy (non-hydrogen) atoms. The van der Waals surface area contributed by atoms with Gasteiger partial charge in [0.05, 0.1) is 24.0 Å². The Morgan fingerprint density at radius 2 is 2.08 bits per heavy atom. The Morgan fingerprint density at radius 1 is 1.28 bits per heavy atom. The molecule has 2 saturated carbocycles. The van der Waals surface area contributed by atoms with Crippen molar-refractivity contribution >= 4 is 10.9 Å². The Morgan fingerprint density at radius 3 is 2.76 bits per heavy atom. The zero-order valence-corrected chi connectivity index (χ0v) is 14.1. The molecule has 2 fully saturated rings. The van der Waals surface area contributed by atoms with E-state index in [0.717, 1.165) is 16.8 Å². The van der Waals surface area contributed by atoms with Gasteiger partial charge in [0.15, 0.2) is 5.82 Å². The van der Waals surface area contributed by atoms with Crippen molar-refractivity contribution in [2.24, 2.45) is 5.41 Å². The van der Waals surface area contributed by atoms with Crippen LogP contribution in [0.1, 0.15) is 42.3 Å². The van der Waals surface area contributed by atoms with Crippen molar-refractivity contribution in [2.45, 2.75) is 38.7 Å². The van der Waals surface area contributed by atoms with Crippen LogP contribution in [0.15, 0.2) is 30.5 Å². The number of rotatable bonds is 3. The number of benzene rings is 1. The SMILES string of the molecule is C#N.Cc1nc(CO)cc(-n2ncc3ccc(C4CC45CC5)cc32)n1. The maximum Gasteiger partial charge on any atom is 0.158 e. The number of nitrogens with zero attached hydrogens (tertiary/aromatic N) is 5. The molecule has 2 aliphatic carbocycles. The molecule has 0 radical (unpaired) electrons. The van der Waals surface area contributed by atoms with E-state index in [4.69, 9.17) is 5.26 Å². The van der Waals surface area contributed by atoms with Crippen LogP contribution in [0.3, 0.4) is 0 Å². The summed E-state index contributed by atoms with van der Waals surface area (Å²) >= 11 is 0. The molecule has 6 heteroatoms. The van der Waals surface area contributed by atoms with E-state index in [1.54, 1.807) is 6.07 Å². The van der Waals surface area contributed by atoms with Gasteiger partial charge in [-0.1, -0.05) is 12.1 Å². The Labute approximate surface area is 145 Å². The van der Waals surface area contributed by atoms with Gasteiger partial charge in [0.2, 0.25) is 0 Å². The van der Waals surface area contributed by atoms with Gasteiger partial charge >= 0.3 is 0 Å². The van der Waals surface area contributed by atoms with E-state index < -0.39 is 0 Å². The minimum atomic E-state index is -0.0919. The lowest BCUT2D eigenvalue weighted by Gasteiger charge is -2.07. The Balaban J connectivity index is 0.000000758. The molecular formula is C19H19N5O. The van der Waals surface area contributed by atoms with Crippen molar-refractivity contribution in [3.8, 4) is 12.4 Å². The number of hydrogen-bond donors (Lipinski definition) is 1. The Kier molecular flexibility index (Phi) is 3.55. The fraction of sp³-hybridized carbons (Fsp3) is 0.368. The topological polar surface area (TPSA) is 87.6 Å². The zero-order chi connectivity index (χ0) is 17.6. The largest absolute Gasteiger partial charge is 0.390 e. The molecule has 2 aromatic heterocycles. The zero-order valence-electron chi connectivity index (χ0n) is 14.1. The lowest BCUT2D eigenvalue weighted by molar-refractivity contribution is 0.276. The van der Waals surface area contributed by atoms with Gasteiger partial charge in [0, 0.05) is 18.0 Å². The maximum absolute atomic E-state index is 9.37. The van der Waals surface area contributed by atoms with Crippen molar-refractivity contribution in [1.82, 2.24) is 19.7 Å². The molecule has 0 aliphatic heterocycles. The van der Waals surface area contributed by atoms with Crippen LogP contribution in [0.2, 0.25) is 0 Å². The summed E-state index contributed by atoms with van der Waals surface area (Å²) in [6, 6.07) is 8.46. The third-order valence-electron chi connectivity index (χ3n) is 5.34. The molecule has 0 bridgehead atoms. The molecule has 2 aliphatic rings. The first-order valence-corrected chi connectivity index (χ1v) is 8.38. The summed E-state index contributed by atoms with van der Waals surface area (Å²) in [7, 11) is 0. The number of aliphatic hydroxyl groups excluding tert-OH is 1. The molecule has 1 atom stereocenters. The smallest absolute Gasteiger partial charge is 0.158 e. The summed E-state index contributed by atoms with van der Waals surface area (Å²) in [6.45, 7) is 5.24. The van der Waals surface area contributed by atoms with Crippen molar-refractivity contribution < 1.29 is 5.11 Å². The van der Waals surface area contributed by atoms with Crippen LogP contribution in [0.25, 0.3) is 16.7 Å². The first-order valence-electron chi connectivity index (χ1n) is 8.38. The molecule has 0 saturated heterocycles. The van der Waals surface area contributed by atoms with Gasteiger partial charge in [0.25, 0.3) is 0 Å². The minimum absolute atomic E-state index is 0.0919. The summed E-state index contributed by atoms with van der Waals surface area (Å²) < 4.78 is 1.86. The number of aromatic nitrogens is 4. The normalized spacial score (nSPS) is 19.4. The van der Waals surface area contributed by atoms with E-state index in [2.05, 4.69) is 39.8 Å². The van der Waals surface area contributed by atoms with Gasteiger partial charge in [-0.15, -0.1) is 0 Å². The maximum atomic E-state index is 9.37. The fourth-order valence-electron chi connectivity index (χ4n) is 3.77. The first-order chi connectivity index (χ1) is 12.2. The predicted molar refractivity (Wildman–Crippen MR) is 93.0 cm³/mol. The molecule has 6 nitrogen and oxygen atoms in total. The highest BCUT2D eigenvalue weighted by Gasteiger charge is 2.62. The van der Waals surface area contributed by atoms with Gasteiger partial charge in [-0.05, 0) is 49.1 Å². The Hall–Kier alpha value is -2.78. The fourth-order valence-corrected chi connectivity index (χ4v) is 3.77. The predicted octanol–water partition coefficient (Wildman–Crippen LogP) is 3.02. The van der Waals surface area contributed by atoms with Crippen molar-refractivity contribution in [1.29, 1.82) is 5.26 Å². The number of fused-ring (bicyclic) bond motifs is 1. The number of nitriles is 1. The number of aliphatic hydroxyl groups is 1. The van der Waals surface area contributed by atoms with Gasteiger partial charge in [-0.3, -0.25) is 0 Å². The molecule has 1 aromatic carbocycles. The van der Waals surface area contributed by atoms with Crippen LogP contribution >= 0.6 is 0 Å². The van der Waals surface area contributed by atoms with E-state index in [1.165, 1.54) is 24.8 Å². The molecule has 2 heterocycles. The summed E-state index contributed by atoms with van der Waals surface area (Å²) in [4.78, 5) is 8.71. The summed E-state index contributed by atoms with van der Waals surface area (Å²) in [5, 5.41) is 21.5. The van der Waals surface area contributed by atoms with E-state index in [-0.39, 0.29) is 6.61 Å². The van der Waals surface area contributed by atoms with E-state index >= 15 is 0 Å². The van der Waals surface area contributed by atoms with Crippen LogP contribution in [0.4, 0.5) is 0 Å². The average molecular weight is 333 g/mol. The lowest BCUT2D eigenvalue weighted by Crippen LogP contribution is -2.05. The van der Waals surface area contributed by atoms with Crippen LogP contribution in [0, 0.1) is 24.2 Å². The highest BCUT2D eigenvalue weighted by atomic mass is 16.3. The van der Waals surface area contributed by atoms with Gasteiger partial charge < -0.3 is 5.11 Å². The van der Waals surface area contributed by atoms with Gasteiger partial charge in [-0.25, -0.2) is 19.9 Å².